The Morgan fingerprint density at radius 2 is 2.50 bits per heavy atom. The number of ether oxygens (including phenoxy) is 1. The van der Waals surface area contributed by atoms with Crippen molar-refractivity contribution in [1.82, 2.24) is 14.7 Å². The summed E-state index contributed by atoms with van der Waals surface area (Å²) >= 11 is 0. The number of hydrogen-bond donors (Lipinski definition) is 1. The Hall–Kier alpha value is -1.55. The van der Waals surface area contributed by atoms with Crippen molar-refractivity contribution in [2.75, 3.05) is 19.7 Å². The third kappa shape index (κ3) is 2.34. The van der Waals surface area contributed by atoms with Gasteiger partial charge < -0.3 is 14.5 Å². The Morgan fingerprint density at radius 3 is 3.33 bits per heavy atom. The van der Waals surface area contributed by atoms with E-state index in [0.29, 0.717) is 5.92 Å². The fraction of sp³-hybridized carbons (Fsp3) is 0.500. The summed E-state index contributed by atoms with van der Waals surface area (Å²) in [5, 5.41) is 3.41. The SMILES string of the molecule is Cc1cn2cccc(OCC3CCCNC3)c2n1. The maximum absolute atomic E-state index is 5.95. The largest absolute Gasteiger partial charge is 0.489 e. The van der Waals surface area contributed by atoms with E-state index >= 15 is 0 Å². The third-order valence-electron chi connectivity index (χ3n) is 3.44. The lowest BCUT2D eigenvalue weighted by molar-refractivity contribution is 0.219. The zero-order valence-electron chi connectivity index (χ0n) is 10.7. The maximum atomic E-state index is 5.95. The minimum Gasteiger partial charge on any atom is -0.489 e. The van der Waals surface area contributed by atoms with E-state index in [1.54, 1.807) is 0 Å². The molecule has 0 spiro atoms. The van der Waals surface area contributed by atoms with Crippen LogP contribution in [-0.4, -0.2) is 29.1 Å². The average Bonchev–Trinajstić information content (AvgIpc) is 2.78. The highest BCUT2D eigenvalue weighted by Crippen LogP contribution is 2.20. The summed E-state index contributed by atoms with van der Waals surface area (Å²) in [4.78, 5) is 4.50. The molecule has 2 aromatic rings. The smallest absolute Gasteiger partial charge is 0.179 e. The van der Waals surface area contributed by atoms with E-state index in [0.717, 1.165) is 36.8 Å². The van der Waals surface area contributed by atoms with Crippen molar-refractivity contribution in [1.29, 1.82) is 0 Å². The molecule has 0 radical (unpaired) electrons. The molecule has 18 heavy (non-hydrogen) atoms. The Labute approximate surface area is 107 Å². The topological polar surface area (TPSA) is 38.6 Å². The minimum atomic E-state index is 0.620. The van der Waals surface area contributed by atoms with Gasteiger partial charge in [0.1, 0.15) is 0 Å². The van der Waals surface area contributed by atoms with Crippen molar-refractivity contribution in [2.24, 2.45) is 5.92 Å². The fourth-order valence-electron chi connectivity index (χ4n) is 2.50. The van der Waals surface area contributed by atoms with Crippen LogP contribution >= 0.6 is 0 Å². The van der Waals surface area contributed by atoms with Crippen LogP contribution in [-0.2, 0) is 0 Å². The molecular formula is C14H19N3O. The minimum absolute atomic E-state index is 0.620. The Morgan fingerprint density at radius 1 is 1.56 bits per heavy atom. The van der Waals surface area contributed by atoms with E-state index in [4.69, 9.17) is 4.74 Å². The number of nitrogens with one attached hydrogen (secondary N) is 1. The summed E-state index contributed by atoms with van der Waals surface area (Å²) in [6, 6.07) is 4.00. The van der Waals surface area contributed by atoms with E-state index in [-0.39, 0.29) is 0 Å². The van der Waals surface area contributed by atoms with Crippen LogP contribution in [0.5, 0.6) is 5.75 Å². The number of pyridine rings is 1. The number of piperidine rings is 1. The number of nitrogens with zero attached hydrogens (tertiary/aromatic N) is 2. The van der Waals surface area contributed by atoms with Crippen molar-refractivity contribution >= 4 is 5.65 Å². The van der Waals surface area contributed by atoms with Gasteiger partial charge in [0.2, 0.25) is 0 Å². The van der Waals surface area contributed by atoms with Gasteiger partial charge in [0.25, 0.3) is 0 Å². The zero-order chi connectivity index (χ0) is 12.4. The first kappa shape index (κ1) is 11.5. The number of hydrogen-bond acceptors (Lipinski definition) is 3. The van der Waals surface area contributed by atoms with Crippen LogP contribution in [0, 0.1) is 12.8 Å². The Bertz CT molecular complexity index is 529. The quantitative estimate of drug-likeness (QED) is 0.899. The summed E-state index contributed by atoms with van der Waals surface area (Å²) in [6.45, 7) is 4.99. The Balaban J connectivity index is 1.73. The molecule has 2 aromatic heterocycles. The van der Waals surface area contributed by atoms with Gasteiger partial charge >= 0.3 is 0 Å². The van der Waals surface area contributed by atoms with E-state index in [1.165, 1.54) is 12.8 Å². The standard InChI is InChI=1S/C14H19N3O/c1-11-9-17-7-3-5-13(14(17)16-11)18-10-12-4-2-6-15-8-12/h3,5,7,9,12,15H,2,4,6,8,10H2,1H3. The van der Waals surface area contributed by atoms with Gasteiger partial charge in [0.05, 0.1) is 12.3 Å². The van der Waals surface area contributed by atoms with Crippen molar-refractivity contribution in [3.8, 4) is 5.75 Å². The third-order valence-corrected chi connectivity index (χ3v) is 3.44. The van der Waals surface area contributed by atoms with Gasteiger partial charge in [-0.15, -0.1) is 0 Å². The first-order valence-corrected chi connectivity index (χ1v) is 6.61. The Kier molecular flexibility index (Phi) is 3.19. The summed E-state index contributed by atoms with van der Waals surface area (Å²) in [6.07, 6.45) is 6.53. The summed E-state index contributed by atoms with van der Waals surface area (Å²) in [5.41, 5.74) is 1.93. The van der Waals surface area contributed by atoms with Crippen LogP contribution in [0.1, 0.15) is 18.5 Å². The molecule has 1 saturated heterocycles. The van der Waals surface area contributed by atoms with Crippen molar-refractivity contribution in [3.05, 3.63) is 30.2 Å². The summed E-state index contributed by atoms with van der Waals surface area (Å²) < 4.78 is 7.97. The van der Waals surface area contributed by atoms with Gasteiger partial charge in [-0.2, -0.15) is 0 Å². The number of imidazole rings is 1. The second-order valence-corrected chi connectivity index (χ2v) is 5.01. The van der Waals surface area contributed by atoms with Crippen LogP contribution < -0.4 is 10.1 Å². The van der Waals surface area contributed by atoms with Gasteiger partial charge in [-0.1, -0.05) is 0 Å². The molecule has 96 valence electrons. The first-order valence-electron chi connectivity index (χ1n) is 6.61. The number of fused-ring (bicyclic) bond motifs is 1. The molecule has 1 atom stereocenters. The number of rotatable bonds is 3. The lowest BCUT2D eigenvalue weighted by Gasteiger charge is -2.22. The summed E-state index contributed by atoms with van der Waals surface area (Å²) in [7, 11) is 0. The van der Waals surface area contributed by atoms with E-state index in [1.807, 2.05) is 35.9 Å². The second kappa shape index (κ2) is 4.98. The number of aromatic nitrogens is 2. The van der Waals surface area contributed by atoms with E-state index in [2.05, 4.69) is 10.3 Å². The number of aryl methyl sites for hydroxylation is 1. The molecule has 1 fully saturated rings. The molecule has 0 aliphatic carbocycles. The lowest BCUT2D eigenvalue weighted by atomic mass is 10.0. The van der Waals surface area contributed by atoms with Gasteiger partial charge in [0.15, 0.2) is 11.4 Å². The molecule has 3 rings (SSSR count). The van der Waals surface area contributed by atoms with Crippen LogP contribution in [0.15, 0.2) is 24.5 Å². The van der Waals surface area contributed by atoms with Crippen LogP contribution in [0.3, 0.4) is 0 Å². The molecule has 0 amide bonds. The molecule has 4 nitrogen and oxygen atoms in total. The van der Waals surface area contributed by atoms with E-state index in [9.17, 15) is 0 Å². The van der Waals surface area contributed by atoms with E-state index < -0.39 is 0 Å². The lowest BCUT2D eigenvalue weighted by Crippen LogP contribution is -2.33. The zero-order valence-corrected chi connectivity index (χ0v) is 10.7. The molecule has 1 aliphatic heterocycles. The molecule has 1 N–H and O–H groups in total. The molecule has 3 heterocycles. The monoisotopic (exact) mass is 245 g/mol. The van der Waals surface area contributed by atoms with Crippen molar-refractivity contribution in [3.63, 3.8) is 0 Å². The molecule has 0 bridgehead atoms. The predicted octanol–water partition coefficient (Wildman–Crippen LogP) is 2.02. The highest BCUT2D eigenvalue weighted by atomic mass is 16.5. The van der Waals surface area contributed by atoms with Crippen molar-refractivity contribution in [2.45, 2.75) is 19.8 Å². The van der Waals surface area contributed by atoms with Crippen LogP contribution in [0.25, 0.3) is 5.65 Å². The molecule has 0 saturated carbocycles. The predicted molar refractivity (Wildman–Crippen MR) is 71.0 cm³/mol. The van der Waals surface area contributed by atoms with Gasteiger partial charge in [-0.25, -0.2) is 4.98 Å². The molecule has 4 heteroatoms. The molecule has 0 aromatic carbocycles. The molecular weight excluding hydrogens is 226 g/mol. The molecule has 1 unspecified atom stereocenters. The average molecular weight is 245 g/mol. The van der Waals surface area contributed by atoms with Crippen LogP contribution in [0.4, 0.5) is 0 Å². The fourth-order valence-corrected chi connectivity index (χ4v) is 2.50. The van der Waals surface area contributed by atoms with Gasteiger partial charge in [0, 0.05) is 24.9 Å². The van der Waals surface area contributed by atoms with Crippen molar-refractivity contribution < 1.29 is 4.74 Å². The normalized spacial score (nSPS) is 20.2. The first-order chi connectivity index (χ1) is 8.83. The van der Waals surface area contributed by atoms with Crippen LogP contribution in [0.2, 0.25) is 0 Å². The highest BCUT2D eigenvalue weighted by Gasteiger charge is 2.14. The highest BCUT2D eigenvalue weighted by molar-refractivity contribution is 5.54. The molecule has 1 aliphatic rings. The van der Waals surface area contributed by atoms with Gasteiger partial charge in [-0.3, -0.25) is 0 Å². The second-order valence-electron chi connectivity index (χ2n) is 5.01. The summed E-state index contributed by atoms with van der Waals surface area (Å²) in [5.74, 6) is 1.51. The maximum Gasteiger partial charge on any atom is 0.179 e. The van der Waals surface area contributed by atoms with Gasteiger partial charge in [-0.05, 0) is 38.4 Å².